The molecule has 2 aliphatic rings. The summed E-state index contributed by atoms with van der Waals surface area (Å²) in [5.74, 6) is 0. The van der Waals surface area contributed by atoms with Crippen molar-refractivity contribution >= 4 is 0 Å². The molecule has 0 N–H and O–H groups in total. The summed E-state index contributed by atoms with van der Waals surface area (Å²) >= 11 is 0. The number of hydrogen-bond donors (Lipinski definition) is 0. The van der Waals surface area contributed by atoms with Crippen molar-refractivity contribution in [1.82, 2.24) is 0 Å². The zero-order valence-electron chi connectivity index (χ0n) is 7.89. The van der Waals surface area contributed by atoms with Crippen molar-refractivity contribution in [2.45, 2.75) is 25.0 Å². The van der Waals surface area contributed by atoms with Gasteiger partial charge in [0.15, 0.2) is 0 Å². The summed E-state index contributed by atoms with van der Waals surface area (Å²) in [7, 11) is 0. The quantitative estimate of drug-likeness (QED) is 0.612. The summed E-state index contributed by atoms with van der Waals surface area (Å²) in [4.78, 5) is 21.0. The lowest BCUT2D eigenvalue weighted by Gasteiger charge is -2.01. The predicted octanol–water partition coefficient (Wildman–Crippen LogP) is 0.206. The molecule has 2 unspecified atom stereocenters. The fourth-order valence-corrected chi connectivity index (χ4v) is 1.46. The van der Waals surface area contributed by atoms with E-state index in [1.165, 1.54) is 0 Å². The third-order valence-electron chi connectivity index (χ3n) is 2.25. The summed E-state index contributed by atoms with van der Waals surface area (Å²) in [5, 5.41) is 0.193. The van der Waals surface area contributed by atoms with Crippen molar-refractivity contribution in [3.8, 4) is 0 Å². The van der Waals surface area contributed by atoms with Crippen LogP contribution in [0.1, 0.15) is 12.8 Å². The second-order valence-electron chi connectivity index (χ2n) is 3.41. The lowest BCUT2D eigenvalue weighted by Crippen LogP contribution is -2.25. The number of ether oxygens (including phenoxy) is 2. The molecular weight excluding hydrogens is 190 g/mol. The highest BCUT2D eigenvalue weighted by Crippen LogP contribution is 2.12. The molecule has 0 amide bonds. The van der Waals surface area contributed by atoms with Gasteiger partial charge in [-0.25, -0.2) is 0 Å². The van der Waals surface area contributed by atoms with Crippen molar-refractivity contribution in [1.29, 1.82) is 0 Å². The Bertz CT molecular complexity index is 178. The summed E-state index contributed by atoms with van der Waals surface area (Å²) in [5.41, 5.74) is 0. The second kappa shape index (κ2) is 4.56. The fraction of sp³-hybridized carbons (Fsp3) is 1.00. The van der Waals surface area contributed by atoms with Crippen molar-refractivity contribution in [3.05, 3.63) is 4.91 Å². The molecule has 0 spiro atoms. The van der Waals surface area contributed by atoms with E-state index in [2.05, 4.69) is 0 Å². The Morgan fingerprint density at radius 3 is 1.86 bits per heavy atom. The maximum atomic E-state index is 11.1. The van der Waals surface area contributed by atoms with Crippen molar-refractivity contribution < 1.29 is 24.2 Å². The van der Waals surface area contributed by atoms with Crippen LogP contribution in [0.25, 0.3) is 0 Å². The van der Waals surface area contributed by atoms with Crippen LogP contribution in [0.2, 0.25) is 0 Å². The van der Waals surface area contributed by atoms with E-state index in [0.29, 0.717) is 26.4 Å². The van der Waals surface area contributed by atoms with Crippen molar-refractivity contribution in [3.63, 3.8) is 0 Å². The Hall–Kier alpha value is -0.880. The molecule has 0 aromatic heterocycles. The Kier molecular flexibility index (Phi) is 3.15. The maximum absolute atomic E-state index is 11.1. The minimum Gasteiger partial charge on any atom is -0.377 e. The standard InChI is InChI=1S/C8H14NO5/c10-9(13-7-1-3-11-5-7)14-8-2-4-12-6-8/h7-8H,1-6H2/q+1. The molecule has 0 saturated carbocycles. The van der Waals surface area contributed by atoms with Gasteiger partial charge in [-0.1, -0.05) is 0 Å². The van der Waals surface area contributed by atoms with Gasteiger partial charge in [-0.2, -0.15) is 9.68 Å². The van der Waals surface area contributed by atoms with Gasteiger partial charge < -0.3 is 9.47 Å². The molecule has 2 aliphatic heterocycles. The van der Waals surface area contributed by atoms with Crippen LogP contribution in [0.5, 0.6) is 0 Å². The number of rotatable bonds is 4. The van der Waals surface area contributed by atoms with Gasteiger partial charge in [0.05, 0.1) is 26.4 Å². The van der Waals surface area contributed by atoms with Crippen molar-refractivity contribution in [2.24, 2.45) is 0 Å². The van der Waals surface area contributed by atoms with Crippen molar-refractivity contribution in [2.75, 3.05) is 26.4 Å². The molecule has 14 heavy (non-hydrogen) atoms. The molecule has 0 aromatic rings. The lowest BCUT2D eigenvalue weighted by molar-refractivity contribution is -0.992. The van der Waals surface area contributed by atoms with E-state index in [9.17, 15) is 4.91 Å². The third kappa shape index (κ3) is 2.55. The number of nitrogens with zero attached hydrogens (tertiary/aromatic N) is 1. The first kappa shape index (κ1) is 9.67. The van der Waals surface area contributed by atoms with Gasteiger partial charge in [0, 0.05) is 12.8 Å². The van der Waals surface area contributed by atoms with Gasteiger partial charge in [0.1, 0.15) is 4.91 Å². The average Bonchev–Trinajstić information content (AvgIpc) is 2.76. The highest BCUT2D eigenvalue weighted by Gasteiger charge is 2.31. The van der Waals surface area contributed by atoms with Crippen LogP contribution in [0.4, 0.5) is 0 Å². The van der Waals surface area contributed by atoms with Gasteiger partial charge in [-0.05, 0) is 0 Å². The summed E-state index contributed by atoms with van der Waals surface area (Å²) in [6.45, 7) is 2.21. The molecule has 0 radical (unpaired) electrons. The Morgan fingerprint density at radius 2 is 1.50 bits per heavy atom. The zero-order chi connectivity index (χ0) is 9.80. The molecule has 2 atom stereocenters. The summed E-state index contributed by atoms with van der Waals surface area (Å²) in [6.07, 6.45) is 1.14. The molecule has 0 aliphatic carbocycles. The third-order valence-corrected chi connectivity index (χ3v) is 2.25. The lowest BCUT2D eigenvalue weighted by atomic mass is 10.3. The largest absolute Gasteiger partial charge is 0.478 e. The highest BCUT2D eigenvalue weighted by atomic mass is 17.0. The van der Waals surface area contributed by atoms with E-state index in [-0.39, 0.29) is 17.3 Å². The minimum absolute atomic E-state index is 0.171. The van der Waals surface area contributed by atoms with Crippen LogP contribution < -0.4 is 0 Å². The summed E-state index contributed by atoms with van der Waals surface area (Å²) < 4.78 is 10.1. The van der Waals surface area contributed by atoms with Crippen LogP contribution >= 0.6 is 0 Å². The van der Waals surface area contributed by atoms with Crippen LogP contribution in [-0.4, -0.2) is 43.7 Å². The zero-order valence-corrected chi connectivity index (χ0v) is 7.89. The molecule has 2 rings (SSSR count). The molecular formula is C8H14NO5+. The normalized spacial score (nSPS) is 31.7. The van der Waals surface area contributed by atoms with E-state index in [1.54, 1.807) is 0 Å². The maximum Gasteiger partial charge on any atom is 0.478 e. The number of hydrogen-bond acceptors (Lipinski definition) is 5. The molecule has 6 heteroatoms. The second-order valence-corrected chi connectivity index (χ2v) is 3.41. The van der Waals surface area contributed by atoms with Gasteiger partial charge >= 0.3 is 5.09 Å². The molecule has 0 aromatic carbocycles. The topological polar surface area (TPSA) is 57.0 Å². The van der Waals surface area contributed by atoms with E-state index in [1.807, 2.05) is 0 Å². The van der Waals surface area contributed by atoms with E-state index < -0.39 is 0 Å². The first-order valence-electron chi connectivity index (χ1n) is 4.81. The Balaban J connectivity index is 1.66. The van der Waals surface area contributed by atoms with Gasteiger partial charge in [0.25, 0.3) is 0 Å². The first-order valence-corrected chi connectivity index (χ1v) is 4.81. The van der Waals surface area contributed by atoms with Crippen LogP contribution in [0.15, 0.2) is 0 Å². The first-order chi connectivity index (χ1) is 6.84. The van der Waals surface area contributed by atoms with Crippen LogP contribution in [-0.2, 0) is 19.1 Å². The SMILES string of the molecule is O=[N+](OC1CCOC1)OC1CCOC1. The Labute approximate surface area is 81.5 Å². The predicted molar refractivity (Wildman–Crippen MR) is 44.2 cm³/mol. The molecule has 2 saturated heterocycles. The molecule has 2 fully saturated rings. The molecule has 80 valence electrons. The highest BCUT2D eigenvalue weighted by molar-refractivity contribution is 4.61. The average molecular weight is 204 g/mol. The molecule has 0 bridgehead atoms. The van der Waals surface area contributed by atoms with E-state index >= 15 is 0 Å². The van der Waals surface area contributed by atoms with E-state index in [0.717, 1.165) is 12.8 Å². The minimum atomic E-state index is -0.171. The van der Waals surface area contributed by atoms with Gasteiger partial charge in [0.2, 0.25) is 12.2 Å². The van der Waals surface area contributed by atoms with Crippen LogP contribution in [0.3, 0.4) is 0 Å². The summed E-state index contributed by atoms with van der Waals surface area (Å²) in [6, 6.07) is 0. The monoisotopic (exact) mass is 204 g/mol. The van der Waals surface area contributed by atoms with Gasteiger partial charge in [-0.3, -0.25) is 0 Å². The smallest absolute Gasteiger partial charge is 0.377 e. The van der Waals surface area contributed by atoms with E-state index in [4.69, 9.17) is 19.1 Å². The van der Waals surface area contributed by atoms with Gasteiger partial charge in [-0.15, -0.1) is 0 Å². The van der Waals surface area contributed by atoms with Crippen LogP contribution in [0, 0.1) is 4.91 Å². The fourth-order valence-electron chi connectivity index (χ4n) is 1.46. The Morgan fingerprint density at radius 1 is 1.00 bits per heavy atom. The molecule has 6 nitrogen and oxygen atoms in total. The molecule has 2 heterocycles.